The van der Waals surface area contributed by atoms with Gasteiger partial charge < -0.3 is 10.0 Å². The standard InChI is InChI=1S/C21H29NO2/c1-21-9-8-15-16(18(21)6-7-20(21)24)5-4-13-11-19(23)14(10-17(13)15)12-22(2)3/h10-11,15-16,18,23H,4-9,12H2,1-3H3/t15-,16+,18+,21-/m1/s1. The van der Waals surface area contributed by atoms with E-state index in [4.69, 9.17) is 0 Å². The third-order valence-electron chi connectivity index (χ3n) is 7.12. The lowest BCUT2D eigenvalue weighted by molar-refractivity contribution is -0.129. The average Bonchev–Trinajstić information content (AvgIpc) is 2.83. The minimum atomic E-state index is -0.0535. The molecule has 0 radical (unpaired) electrons. The van der Waals surface area contributed by atoms with Gasteiger partial charge in [-0.05, 0) is 81.1 Å². The van der Waals surface area contributed by atoms with Crippen molar-refractivity contribution >= 4 is 5.78 Å². The summed E-state index contributed by atoms with van der Waals surface area (Å²) in [7, 11) is 4.08. The van der Waals surface area contributed by atoms with Gasteiger partial charge in [-0.1, -0.05) is 13.0 Å². The van der Waals surface area contributed by atoms with Crippen LogP contribution in [0.2, 0.25) is 0 Å². The van der Waals surface area contributed by atoms with E-state index in [0.717, 1.165) is 44.2 Å². The fraction of sp³-hybridized carbons (Fsp3) is 0.667. The van der Waals surface area contributed by atoms with E-state index >= 15 is 0 Å². The number of ketones is 1. The van der Waals surface area contributed by atoms with Crippen LogP contribution in [0.3, 0.4) is 0 Å². The van der Waals surface area contributed by atoms with Gasteiger partial charge in [0, 0.05) is 23.9 Å². The molecule has 3 aliphatic rings. The summed E-state index contributed by atoms with van der Waals surface area (Å²) in [5.41, 5.74) is 3.78. The topological polar surface area (TPSA) is 40.5 Å². The highest BCUT2D eigenvalue weighted by Gasteiger charge is 2.54. The number of hydrogen-bond acceptors (Lipinski definition) is 3. The van der Waals surface area contributed by atoms with Gasteiger partial charge in [0.1, 0.15) is 11.5 Å². The highest BCUT2D eigenvalue weighted by Crippen LogP contribution is 2.59. The van der Waals surface area contributed by atoms with Crippen molar-refractivity contribution < 1.29 is 9.90 Å². The third kappa shape index (κ3) is 2.32. The first-order valence-electron chi connectivity index (χ1n) is 9.43. The van der Waals surface area contributed by atoms with Gasteiger partial charge in [0.25, 0.3) is 0 Å². The van der Waals surface area contributed by atoms with E-state index in [-0.39, 0.29) is 5.41 Å². The number of phenolic OH excluding ortho intramolecular Hbond substituents is 1. The molecule has 1 aromatic carbocycles. The molecule has 3 heteroatoms. The van der Waals surface area contributed by atoms with Gasteiger partial charge in [0.05, 0.1) is 0 Å². The molecule has 1 aromatic rings. The smallest absolute Gasteiger partial charge is 0.139 e. The molecule has 3 aliphatic carbocycles. The molecule has 2 saturated carbocycles. The number of aromatic hydroxyl groups is 1. The number of hydrogen-bond donors (Lipinski definition) is 1. The van der Waals surface area contributed by atoms with Crippen LogP contribution >= 0.6 is 0 Å². The van der Waals surface area contributed by atoms with E-state index in [9.17, 15) is 9.90 Å². The molecule has 1 N–H and O–H groups in total. The van der Waals surface area contributed by atoms with Crippen LogP contribution in [0, 0.1) is 17.3 Å². The van der Waals surface area contributed by atoms with Crippen molar-refractivity contribution in [1.82, 2.24) is 4.90 Å². The Bertz CT molecular complexity index is 681. The minimum absolute atomic E-state index is 0.0535. The molecule has 0 bridgehead atoms. The van der Waals surface area contributed by atoms with Crippen LogP contribution in [0.1, 0.15) is 61.6 Å². The van der Waals surface area contributed by atoms with E-state index in [1.165, 1.54) is 17.5 Å². The van der Waals surface area contributed by atoms with Crippen molar-refractivity contribution in [2.45, 2.75) is 57.9 Å². The van der Waals surface area contributed by atoms with Crippen LogP contribution in [-0.2, 0) is 17.8 Å². The largest absolute Gasteiger partial charge is 0.508 e. The van der Waals surface area contributed by atoms with E-state index in [1.54, 1.807) is 0 Å². The molecular weight excluding hydrogens is 298 g/mol. The summed E-state index contributed by atoms with van der Waals surface area (Å²) >= 11 is 0. The van der Waals surface area contributed by atoms with Gasteiger partial charge in [0.15, 0.2) is 0 Å². The highest BCUT2D eigenvalue weighted by atomic mass is 16.3. The number of carbonyl (C=O) groups is 1. The number of nitrogens with zero attached hydrogens (tertiary/aromatic N) is 1. The van der Waals surface area contributed by atoms with Crippen molar-refractivity contribution in [2.24, 2.45) is 17.3 Å². The predicted molar refractivity (Wildman–Crippen MR) is 95.1 cm³/mol. The maximum absolute atomic E-state index is 12.4. The molecule has 4 rings (SSSR count). The van der Waals surface area contributed by atoms with Gasteiger partial charge >= 0.3 is 0 Å². The summed E-state index contributed by atoms with van der Waals surface area (Å²) in [5.74, 6) is 2.76. The normalized spacial score (nSPS) is 34.8. The summed E-state index contributed by atoms with van der Waals surface area (Å²) in [6.07, 6.45) is 6.28. The number of phenols is 1. The summed E-state index contributed by atoms with van der Waals surface area (Å²) in [6, 6.07) is 4.28. The monoisotopic (exact) mass is 327 g/mol. The molecular formula is C21H29NO2. The van der Waals surface area contributed by atoms with E-state index < -0.39 is 0 Å². The predicted octanol–water partition coefficient (Wildman–Crippen LogP) is 3.88. The number of aryl methyl sites for hydroxylation is 1. The maximum Gasteiger partial charge on any atom is 0.139 e. The van der Waals surface area contributed by atoms with Crippen molar-refractivity contribution in [1.29, 1.82) is 0 Å². The highest BCUT2D eigenvalue weighted by molar-refractivity contribution is 5.87. The molecule has 0 unspecified atom stereocenters. The number of Topliss-reactive ketones (excluding diaryl/α,β-unsaturated/α-hetero) is 1. The minimum Gasteiger partial charge on any atom is -0.508 e. The van der Waals surface area contributed by atoms with Gasteiger partial charge in [-0.25, -0.2) is 0 Å². The first-order valence-corrected chi connectivity index (χ1v) is 9.43. The summed E-state index contributed by atoms with van der Waals surface area (Å²) < 4.78 is 0. The van der Waals surface area contributed by atoms with Crippen molar-refractivity contribution in [3.8, 4) is 5.75 Å². The zero-order valence-corrected chi connectivity index (χ0v) is 15.1. The molecule has 24 heavy (non-hydrogen) atoms. The Morgan fingerprint density at radius 1 is 1.21 bits per heavy atom. The van der Waals surface area contributed by atoms with Crippen LogP contribution in [-0.4, -0.2) is 29.9 Å². The van der Waals surface area contributed by atoms with Gasteiger partial charge in [0.2, 0.25) is 0 Å². The Labute approximate surface area is 145 Å². The Balaban J connectivity index is 1.70. The Kier molecular flexibility index (Phi) is 3.76. The second-order valence-electron chi connectivity index (χ2n) is 8.75. The SMILES string of the molecule is CN(C)Cc1cc2c(cc1O)CC[C@H]1[C@H]2CC[C@@]2(C)C(=O)CC[C@@H]12. The maximum atomic E-state index is 12.4. The zero-order chi connectivity index (χ0) is 17.1. The molecule has 4 atom stereocenters. The van der Waals surface area contributed by atoms with Crippen LogP contribution in [0.25, 0.3) is 0 Å². The Hall–Kier alpha value is -1.35. The third-order valence-corrected chi connectivity index (χ3v) is 7.12. The van der Waals surface area contributed by atoms with Gasteiger partial charge in [-0.3, -0.25) is 4.79 Å². The lowest BCUT2D eigenvalue weighted by Gasteiger charge is -2.48. The molecule has 2 fully saturated rings. The van der Waals surface area contributed by atoms with E-state index in [1.807, 2.05) is 20.2 Å². The number of rotatable bonds is 2. The van der Waals surface area contributed by atoms with Crippen LogP contribution in [0.5, 0.6) is 5.75 Å². The first-order chi connectivity index (χ1) is 11.4. The van der Waals surface area contributed by atoms with Crippen LogP contribution < -0.4 is 0 Å². The van der Waals surface area contributed by atoms with E-state index in [2.05, 4.69) is 17.9 Å². The Morgan fingerprint density at radius 3 is 2.75 bits per heavy atom. The molecule has 0 heterocycles. The molecule has 0 amide bonds. The number of fused-ring (bicyclic) bond motifs is 5. The quantitative estimate of drug-likeness (QED) is 0.896. The molecule has 0 aromatic heterocycles. The molecule has 130 valence electrons. The second kappa shape index (κ2) is 5.59. The summed E-state index contributed by atoms with van der Waals surface area (Å²) in [5, 5.41) is 10.4. The Morgan fingerprint density at radius 2 is 2.00 bits per heavy atom. The molecule has 3 nitrogen and oxygen atoms in total. The summed E-state index contributed by atoms with van der Waals surface area (Å²) in [6.45, 7) is 3.00. The van der Waals surface area contributed by atoms with Crippen LogP contribution in [0.15, 0.2) is 12.1 Å². The molecule has 0 spiro atoms. The molecule has 0 aliphatic heterocycles. The van der Waals surface area contributed by atoms with Crippen molar-refractivity contribution in [3.63, 3.8) is 0 Å². The fourth-order valence-electron chi connectivity index (χ4n) is 5.89. The lowest BCUT2D eigenvalue weighted by atomic mass is 9.55. The van der Waals surface area contributed by atoms with Crippen LogP contribution in [0.4, 0.5) is 0 Å². The van der Waals surface area contributed by atoms with Gasteiger partial charge in [-0.2, -0.15) is 0 Å². The zero-order valence-electron chi connectivity index (χ0n) is 15.1. The molecule has 0 saturated heterocycles. The number of benzene rings is 1. The first kappa shape index (κ1) is 16.1. The fourth-order valence-corrected chi connectivity index (χ4v) is 5.89. The van der Waals surface area contributed by atoms with Crippen molar-refractivity contribution in [3.05, 3.63) is 28.8 Å². The van der Waals surface area contributed by atoms with E-state index in [0.29, 0.717) is 29.3 Å². The van der Waals surface area contributed by atoms with Gasteiger partial charge in [-0.15, -0.1) is 0 Å². The summed E-state index contributed by atoms with van der Waals surface area (Å²) in [4.78, 5) is 14.5. The van der Waals surface area contributed by atoms with Crippen molar-refractivity contribution in [2.75, 3.05) is 14.1 Å². The second-order valence-corrected chi connectivity index (χ2v) is 8.75. The average molecular weight is 327 g/mol. The lowest BCUT2D eigenvalue weighted by Crippen LogP contribution is -2.42. The number of carbonyl (C=O) groups excluding carboxylic acids is 1.